The van der Waals surface area contributed by atoms with Crippen molar-refractivity contribution in [1.29, 1.82) is 0 Å². The molecule has 4 aromatic rings. The maximum Gasteiger partial charge on any atom is 0.359 e. The number of fused-ring (bicyclic) bond motifs is 1. The third-order valence-corrected chi connectivity index (χ3v) is 4.28. The Morgan fingerprint density at radius 1 is 0.893 bits per heavy atom. The van der Waals surface area contributed by atoms with Gasteiger partial charge >= 0.3 is 5.97 Å². The van der Waals surface area contributed by atoms with Gasteiger partial charge in [-0.05, 0) is 35.9 Å². The van der Waals surface area contributed by atoms with Gasteiger partial charge in [-0.15, -0.1) is 0 Å². The Bertz CT molecular complexity index is 1120. The van der Waals surface area contributed by atoms with Gasteiger partial charge < -0.3 is 10.1 Å². The van der Waals surface area contributed by atoms with Crippen LogP contribution >= 0.6 is 0 Å². The SMILES string of the molecule is O=C(Nc1ccccc1)c1ccc(COC(=O)c2n[nH]c3ccccc23)cc1. The van der Waals surface area contributed by atoms with E-state index in [1.165, 1.54) is 0 Å². The summed E-state index contributed by atoms with van der Waals surface area (Å²) in [6.07, 6.45) is 0. The van der Waals surface area contributed by atoms with Crippen LogP contribution in [0.25, 0.3) is 10.9 Å². The first-order chi connectivity index (χ1) is 13.7. The fourth-order valence-corrected chi connectivity index (χ4v) is 2.81. The smallest absolute Gasteiger partial charge is 0.359 e. The molecule has 0 aliphatic rings. The van der Waals surface area contributed by atoms with Crippen molar-refractivity contribution >= 4 is 28.5 Å². The summed E-state index contributed by atoms with van der Waals surface area (Å²) in [4.78, 5) is 24.6. The Kier molecular flexibility index (Phi) is 4.84. The van der Waals surface area contributed by atoms with Crippen LogP contribution in [0.5, 0.6) is 0 Å². The van der Waals surface area contributed by atoms with E-state index in [2.05, 4.69) is 15.5 Å². The number of nitrogens with one attached hydrogen (secondary N) is 2. The Morgan fingerprint density at radius 3 is 2.39 bits per heavy atom. The van der Waals surface area contributed by atoms with Crippen LogP contribution in [0.15, 0.2) is 78.9 Å². The van der Waals surface area contributed by atoms with E-state index in [1.807, 2.05) is 54.6 Å². The van der Waals surface area contributed by atoms with Gasteiger partial charge in [0.15, 0.2) is 5.69 Å². The second kappa shape index (κ2) is 7.75. The van der Waals surface area contributed by atoms with E-state index in [9.17, 15) is 9.59 Å². The third kappa shape index (κ3) is 3.76. The number of carbonyl (C=O) groups is 2. The molecule has 1 amide bonds. The lowest BCUT2D eigenvalue weighted by atomic mass is 10.1. The zero-order valence-electron chi connectivity index (χ0n) is 14.9. The van der Waals surface area contributed by atoms with Gasteiger partial charge in [0, 0.05) is 16.6 Å². The Hall–Kier alpha value is -3.93. The van der Waals surface area contributed by atoms with Crippen molar-refractivity contribution in [2.45, 2.75) is 6.61 Å². The van der Waals surface area contributed by atoms with E-state index in [1.54, 1.807) is 24.3 Å². The van der Waals surface area contributed by atoms with E-state index in [0.29, 0.717) is 5.56 Å². The first kappa shape index (κ1) is 17.5. The molecule has 0 saturated carbocycles. The predicted molar refractivity (Wildman–Crippen MR) is 106 cm³/mol. The van der Waals surface area contributed by atoms with Crippen molar-refractivity contribution < 1.29 is 14.3 Å². The molecule has 3 aromatic carbocycles. The maximum absolute atomic E-state index is 12.3. The molecule has 0 fully saturated rings. The highest BCUT2D eigenvalue weighted by atomic mass is 16.5. The molecule has 0 spiro atoms. The summed E-state index contributed by atoms with van der Waals surface area (Å²) in [5.74, 6) is -0.693. The second-order valence-electron chi connectivity index (χ2n) is 6.21. The number of carbonyl (C=O) groups excluding carboxylic acids is 2. The van der Waals surface area contributed by atoms with Crippen molar-refractivity contribution in [3.05, 3.63) is 95.7 Å². The summed E-state index contributed by atoms with van der Waals surface area (Å²) in [5, 5.41) is 10.4. The highest BCUT2D eigenvalue weighted by Gasteiger charge is 2.15. The van der Waals surface area contributed by atoms with Crippen LogP contribution in [-0.4, -0.2) is 22.1 Å². The lowest BCUT2D eigenvalue weighted by Gasteiger charge is -2.07. The number of hydrogen-bond donors (Lipinski definition) is 2. The largest absolute Gasteiger partial charge is 0.456 e. The fourth-order valence-electron chi connectivity index (χ4n) is 2.81. The molecule has 0 radical (unpaired) electrons. The third-order valence-electron chi connectivity index (χ3n) is 4.28. The van der Waals surface area contributed by atoms with Gasteiger partial charge in [-0.2, -0.15) is 5.10 Å². The molecule has 0 bridgehead atoms. The normalized spacial score (nSPS) is 10.6. The summed E-state index contributed by atoms with van der Waals surface area (Å²) in [6.45, 7) is 0.0978. The van der Waals surface area contributed by atoms with E-state index in [0.717, 1.165) is 22.2 Å². The minimum atomic E-state index is -0.497. The van der Waals surface area contributed by atoms with Crippen molar-refractivity contribution in [1.82, 2.24) is 10.2 Å². The van der Waals surface area contributed by atoms with Crippen molar-refractivity contribution in [3.63, 3.8) is 0 Å². The zero-order valence-corrected chi connectivity index (χ0v) is 14.9. The van der Waals surface area contributed by atoms with Gasteiger partial charge in [-0.3, -0.25) is 9.89 Å². The molecule has 0 atom stereocenters. The molecule has 4 rings (SSSR count). The molecule has 0 aliphatic heterocycles. The summed E-state index contributed by atoms with van der Waals surface area (Å²) < 4.78 is 5.35. The first-order valence-corrected chi connectivity index (χ1v) is 8.76. The standard InChI is InChI=1S/C22H17N3O3/c26-21(23-17-6-2-1-3-7-17)16-12-10-15(11-13-16)14-28-22(27)20-18-8-4-5-9-19(18)24-25-20/h1-13H,14H2,(H,23,26)(H,24,25). The fraction of sp³-hybridized carbons (Fsp3) is 0.0455. The number of amides is 1. The molecule has 2 N–H and O–H groups in total. The van der Waals surface area contributed by atoms with Crippen LogP contribution in [-0.2, 0) is 11.3 Å². The molecular weight excluding hydrogens is 354 g/mol. The summed E-state index contributed by atoms with van der Waals surface area (Å²) in [6, 6.07) is 23.5. The Morgan fingerprint density at radius 2 is 1.61 bits per heavy atom. The monoisotopic (exact) mass is 371 g/mol. The number of para-hydroxylation sites is 2. The quantitative estimate of drug-likeness (QED) is 0.516. The van der Waals surface area contributed by atoms with Crippen LogP contribution in [0.1, 0.15) is 26.4 Å². The van der Waals surface area contributed by atoms with E-state index in [-0.39, 0.29) is 18.2 Å². The van der Waals surface area contributed by atoms with Gasteiger partial charge in [-0.1, -0.05) is 48.5 Å². The number of ether oxygens (including phenoxy) is 1. The number of aromatic nitrogens is 2. The molecule has 0 unspecified atom stereocenters. The average molecular weight is 371 g/mol. The highest BCUT2D eigenvalue weighted by Crippen LogP contribution is 2.17. The number of rotatable bonds is 5. The Labute approximate surface area is 161 Å². The topological polar surface area (TPSA) is 84.1 Å². The molecule has 138 valence electrons. The maximum atomic E-state index is 12.3. The number of nitrogens with zero attached hydrogens (tertiary/aromatic N) is 1. The lowest BCUT2D eigenvalue weighted by Crippen LogP contribution is -2.12. The summed E-state index contributed by atoms with van der Waals surface area (Å²) in [5.41, 5.74) is 3.08. The average Bonchev–Trinajstić information content (AvgIpc) is 3.17. The van der Waals surface area contributed by atoms with E-state index >= 15 is 0 Å². The van der Waals surface area contributed by atoms with Crippen molar-refractivity contribution in [2.75, 3.05) is 5.32 Å². The number of benzene rings is 3. The molecule has 28 heavy (non-hydrogen) atoms. The van der Waals surface area contributed by atoms with Gasteiger partial charge in [-0.25, -0.2) is 4.79 Å². The number of H-pyrrole nitrogens is 1. The molecular formula is C22H17N3O3. The number of esters is 1. The lowest BCUT2D eigenvalue weighted by molar-refractivity contribution is 0.0467. The van der Waals surface area contributed by atoms with Crippen LogP contribution in [0, 0.1) is 0 Å². The highest BCUT2D eigenvalue weighted by molar-refractivity contribution is 6.04. The van der Waals surface area contributed by atoms with Crippen LogP contribution in [0.2, 0.25) is 0 Å². The van der Waals surface area contributed by atoms with E-state index < -0.39 is 5.97 Å². The molecule has 0 saturated heterocycles. The van der Waals surface area contributed by atoms with Crippen molar-refractivity contribution in [2.24, 2.45) is 0 Å². The summed E-state index contributed by atoms with van der Waals surface area (Å²) >= 11 is 0. The predicted octanol–water partition coefficient (Wildman–Crippen LogP) is 4.17. The number of hydrogen-bond acceptors (Lipinski definition) is 4. The van der Waals surface area contributed by atoms with Crippen molar-refractivity contribution in [3.8, 4) is 0 Å². The van der Waals surface area contributed by atoms with Gasteiger partial charge in [0.2, 0.25) is 0 Å². The van der Waals surface area contributed by atoms with Crippen LogP contribution < -0.4 is 5.32 Å². The van der Waals surface area contributed by atoms with Gasteiger partial charge in [0.1, 0.15) is 6.61 Å². The second-order valence-corrected chi connectivity index (χ2v) is 6.21. The Balaban J connectivity index is 1.38. The number of anilines is 1. The summed E-state index contributed by atoms with van der Waals surface area (Å²) in [7, 11) is 0. The molecule has 6 nitrogen and oxygen atoms in total. The van der Waals surface area contributed by atoms with E-state index in [4.69, 9.17) is 4.74 Å². The minimum Gasteiger partial charge on any atom is -0.456 e. The molecule has 6 heteroatoms. The molecule has 1 aromatic heterocycles. The van der Waals surface area contributed by atoms with Crippen LogP contribution in [0.3, 0.4) is 0 Å². The van der Waals surface area contributed by atoms with Gasteiger partial charge in [0.25, 0.3) is 5.91 Å². The molecule has 1 heterocycles. The van der Waals surface area contributed by atoms with Crippen LogP contribution in [0.4, 0.5) is 5.69 Å². The zero-order chi connectivity index (χ0) is 19.3. The van der Waals surface area contributed by atoms with Gasteiger partial charge in [0.05, 0.1) is 5.52 Å². The molecule has 0 aliphatic carbocycles. The number of aromatic amines is 1. The minimum absolute atomic E-state index is 0.0978. The first-order valence-electron chi connectivity index (χ1n) is 8.76.